The number of carbonyl (C=O) groups is 1. The Balaban J connectivity index is 1.82. The fourth-order valence-electron chi connectivity index (χ4n) is 2.47. The molecule has 0 saturated heterocycles. The highest BCUT2D eigenvalue weighted by molar-refractivity contribution is 5.75. The maximum Gasteiger partial charge on any atom is 0.255 e. The highest BCUT2D eigenvalue weighted by Crippen LogP contribution is 2.25. The van der Waals surface area contributed by atoms with E-state index >= 15 is 0 Å². The Morgan fingerprint density at radius 1 is 1.40 bits per heavy atom. The second kappa shape index (κ2) is 6.92. The van der Waals surface area contributed by atoms with Crippen LogP contribution in [0.1, 0.15) is 24.8 Å². The van der Waals surface area contributed by atoms with Gasteiger partial charge in [-0.05, 0) is 30.5 Å². The van der Waals surface area contributed by atoms with Crippen LogP contribution in [-0.2, 0) is 11.3 Å². The summed E-state index contributed by atoms with van der Waals surface area (Å²) in [6.07, 6.45) is 3.18. The second-order valence-electron chi connectivity index (χ2n) is 5.05. The van der Waals surface area contributed by atoms with Crippen LogP contribution in [-0.4, -0.2) is 18.6 Å². The number of nitrogens with zero attached hydrogens (tertiary/aromatic N) is 1. The van der Waals surface area contributed by atoms with Crippen molar-refractivity contribution >= 4 is 5.91 Å². The highest BCUT2D eigenvalue weighted by atomic mass is 16.5. The summed E-state index contributed by atoms with van der Waals surface area (Å²) >= 11 is 0. The van der Waals surface area contributed by atoms with Crippen molar-refractivity contribution in [1.82, 2.24) is 5.32 Å². The number of benzene rings is 1. The molecule has 0 aromatic heterocycles. The zero-order valence-electron chi connectivity index (χ0n) is 11.3. The van der Waals surface area contributed by atoms with Crippen LogP contribution in [0.5, 0.6) is 5.75 Å². The average Bonchev–Trinajstić information content (AvgIpc) is 2.91. The van der Waals surface area contributed by atoms with Gasteiger partial charge in [0, 0.05) is 12.6 Å². The van der Waals surface area contributed by atoms with Crippen molar-refractivity contribution in [2.75, 3.05) is 6.61 Å². The van der Waals surface area contributed by atoms with Crippen LogP contribution >= 0.6 is 0 Å². The van der Waals surface area contributed by atoms with E-state index < -0.39 is 5.91 Å². The maximum absolute atomic E-state index is 10.6. The van der Waals surface area contributed by atoms with E-state index in [1.807, 2.05) is 24.3 Å². The summed E-state index contributed by atoms with van der Waals surface area (Å²) in [5, 5.41) is 12.5. The predicted octanol–water partition coefficient (Wildman–Crippen LogP) is 1.33. The lowest BCUT2D eigenvalue weighted by molar-refractivity contribution is -0.119. The summed E-state index contributed by atoms with van der Waals surface area (Å²) in [6, 6.07) is 10.2. The van der Waals surface area contributed by atoms with Crippen molar-refractivity contribution in [3.63, 3.8) is 0 Å². The number of hydrogen-bond donors (Lipinski definition) is 2. The lowest BCUT2D eigenvalue weighted by atomic mass is 10.1. The van der Waals surface area contributed by atoms with Crippen molar-refractivity contribution in [1.29, 1.82) is 5.26 Å². The molecule has 0 bridgehead atoms. The van der Waals surface area contributed by atoms with Crippen molar-refractivity contribution in [3.8, 4) is 11.8 Å². The van der Waals surface area contributed by atoms with Gasteiger partial charge in [0.25, 0.3) is 5.91 Å². The van der Waals surface area contributed by atoms with Crippen molar-refractivity contribution in [3.05, 3.63) is 29.8 Å². The third-order valence-corrected chi connectivity index (χ3v) is 3.55. The maximum atomic E-state index is 10.6. The fourth-order valence-corrected chi connectivity index (χ4v) is 2.47. The number of nitrogens with two attached hydrogens (primary N) is 1. The summed E-state index contributed by atoms with van der Waals surface area (Å²) in [7, 11) is 0. The minimum atomic E-state index is -0.487. The molecule has 106 valence electrons. The highest BCUT2D eigenvalue weighted by Gasteiger charge is 2.26. The molecule has 0 aliphatic heterocycles. The van der Waals surface area contributed by atoms with Crippen molar-refractivity contribution in [2.24, 2.45) is 11.7 Å². The fraction of sp³-hybridized carbons (Fsp3) is 0.467. The molecule has 0 heterocycles. The quantitative estimate of drug-likeness (QED) is 0.818. The van der Waals surface area contributed by atoms with Crippen LogP contribution in [0.2, 0.25) is 0 Å². The van der Waals surface area contributed by atoms with Crippen LogP contribution in [0, 0.1) is 17.2 Å². The molecular formula is C15H19N3O2. The minimum absolute atomic E-state index is 0.108. The molecule has 2 unspecified atom stereocenters. The second-order valence-corrected chi connectivity index (χ2v) is 5.05. The van der Waals surface area contributed by atoms with E-state index in [0.29, 0.717) is 11.8 Å². The van der Waals surface area contributed by atoms with Crippen LogP contribution in [0.25, 0.3) is 0 Å². The van der Waals surface area contributed by atoms with E-state index in [2.05, 4.69) is 11.4 Å². The van der Waals surface area contributed by atoms with Gasteiger partial charge in [0.1, 0.15) is 5.75 Å². The smallest absolute Gasteiger partial charge is 0.255 e. The van der Waals surface area contributed by atoms with Crippen LogP contribution in [0.15, 0.2) is 24.3 Å². The number of primary amides is 1. The van der Waals surface area contributed by atoms with Gasteiger partial charge >= 0.3 is 0 Å². The monoisotopic (exact) mass is 273 g/mol. The van der Waals surface area contributed by atoms with E-state index in [-0.39, 0.29) is 12.5 Å². The SMILES string of the molecule is N#CC1CCCC1NCc1ccc(OCC(N)=O)cc1. The van der Waals surface area contributed by atoms with E-state index in [4.69, 9.17) is 15.7 Å². The van der Waals surface area contributed by atoms with Crippen molar-refractivity contribution in [2.45, 2.75) is 31.8 Å². The molecule has 3 N–H and O–H groups in total. The molecule has 5 heteroatoms. The first-order valence-electron chi connectivity index (χ1n) is 6.82. The number of rotatable bonds is 6. The average molecular weight is 273 g/mol. The summed E-state index contributed by atoms with van der Waals surface area (Å²) in [5.41, 5.74) is 6.14. The summed E-state index contributed by atoms with van der Waals surface area (Å²) in [6.45, 7) is 0.627. The first-order valence-corrected chi connectivity index (χ1v) is 6.82. The normalized spacial score (nSPS) is 21.4. The van der Waals surface area contributed by atoms with E-state index in [1.54, 1.807) is 0 Å². The Hall–Kier alpha value is -2.06. The van der Waals surface area contributed by atoms with Crippen LogP contribution in [0.3, 0.4) is 0 Å². The van der Waals surface area contributed by atoms with Gasteiger partial charge in [-0.15, -0.1) is 0 Å². The molecule has 0 spiro atoms. The zero-order chi connectivity index (χ0) is 14.4. The van der Waals surface area contributed by atoms with Crippen molar-refractivity contribution < 1.29 is 9.53 Å². The molecule has 1 aromatic carbocycles. The largest absolute Gasteiger partial charge is 0.484 e. The van der Waals surface area contributed by atoms with Gasteiger partial charge in [0.2, 0.25) is 0 Å². The standard InChI is InChI=1S/C15H19N3O2/c16-8-12-2-1-3-14(12)18-9-11-4-6-13(7-5-11)20-10-15(17)19/h4-7,12,14,18H,1-3,9-10H2,(H2,17,19). The first-order chi connectivity index (χ1) is 9.69. The third-order valence-electron chi connectivity index (χ3n) is 3.55. The summed E-state index contributed by atoms with van der Waals surface area (Å²) < 4.78 is 5.20. The minimum Gasteiger partial charge on any atom is -0.484 e. The molecule has 1 saturated carbocycles. The Labute approximate surface area is 118 Å². The molecule has 1 fully saturated rings. The molecule has 1 aliphatic rings. The molecule has 1 amide bonds. The van der Waals surface area contributed by atoms with Crippen LogP contribution in [0.4, 0.5) is 0 Å². The summed E-state index contributed by atoms with van der Waals surface area (Å²) in [5.74, 6) is 0.274. The van der Waals surface area contributed by atoms with Gasteiger partial charge in [-0.3, -0.25) is 4.79 Å². The van der Waals surface area contributed by atoms with Crippen LogP contribution < -0.4 is 15.8 Å². The van der Waals surface area contributed by atoms with Gasteiger partial charge in [0.15, 0.2) is 6.61 Å². The number of nitrogens with one attached hydrogen (secondary N) is 1. The Bertz CT molecular complexity index is 493. The van der Waals surface area contributed by atoms with Gasteiger partial charge in [0.05, 0.1) is 12.0 Å². The Morgan fingerprint density at radius 2 is 2.15 bits per heavy atom. The topological polar surface area (TPSA) is 88.1 Å². The third kappa shape index (κ3) is 3.97. The van der Waals surface area contributed by atoms with E-state index in [9.17, 15) is 4.79 Å². The Morgan fingerprint density at radius 3 is 2.80 bits per heavy atom. The number of nitriles is 1. The predicted molar refractivity (Wildman–Crippen MR) is 74.7 cm³/mol. The summed E-state index contributed by atoms with van der Waals surface area (Å²) in [4.78, 5) is 10.6. The molecular weight excluding hydrogens is 254 g/mol. The van der Waals surface area contributed by atoms with E-state index in [1.165, 1.54) is 0 Å². The molecule has 1 aromatic rings. The molecule has 0 radical (unpaired) electrons. The first kappa shape index (κ1) is 14.4. The lowest BCUT2D eigenvalue weighted by Gasteiger charge is -2.15. The van der Waals surface area contributed by atoms with Gasteiger partial charge in [-0.25, -0.2) is 0 Å². The molecule has 2 rings (SSSR count). The van der Waals surface area contributed by atoms with E-state index in [0.717, 1.165) is 31.4 Å². The zero-order valence-corrected chi connectivity index (χ0v) is 11.3. The lowest BCUT2D eigenvalue weighted by Crippen LogP contribution is -2.31. The number of amides is 1. The molecule has 20 heavy (non-hydrogen) atoms. The molecule has 2 atom stereocenters. The number of hydrogen-bond acceptors (Lipinski definition) is 4. The number of carbonyl (C=O) groups excluding carboxylic acids is 1. The van der Waals surface area contributed by atoms with Gasteiger partial charge < -0.3 is 15.8 Å². The van der Waals surface area contributed by atoms with Gasteiger partial charge in [-0.2, -0.15) is 5.26 Å². The van der Waals surface area contributed by atoms with Gasteiger partial charge in [-0.1, -0.05) is 18.6 Å². The molecule has 5 nitrogen and oxygen atoms in total. The Kier molecular flexibility index (Phi) is 4.97. The molecule has 1 aliphatic carbocycles. The number of ether oxygens (including phenoxy) is 1.